The van der Waals surface area contributed by atoms with Gasteiger partial charge in [0.15, 0.2) is 10.9 Å². The second-order valence-corrected chi connectivity index (χ2v) is 7.34. The van der Waals surface area contributed by atoms with E-state index in [4.69, 9.17) is 5.73 Å². The first-order chi connectivity index (χ1) is 15.0. The van der Waals surface area contributed by atoms with Crippen LogP contribution in [0.4, 0.5) is 5.82 Å². The number of carbonyl (C=O) groups is 1. The van der Waals surface area contributed by atoms with Crippen LogP contribution in [0, 0.1) is 6.92 Å². The van der Waals surface area contributed by atoms with E-state index in [0.29, 0.717) is 10.9 Å². The van der Waals surface area contributed by atoms with Gasteiger partial charge in [0.2, 0.25) is 11.6 Å². The molecule has 0 unspecified atom stereocenters. The quantitative estimate of drug-likeness (QED) is 0.238. The summed E-state index contributed by atoms with van der Waals surface area (Å²) >= 11 is 1.33. The number of nitrogens with two attached hydrogens (primary N) is 1. The highest BCUT2D eigenvalue weighted by Gasteiger charge is 2.24. The van der Waals surface area contributed by atoms with Crippen LogP contribution >= 0.6 is 11.8 Å². The first kappa shape index (κ1) is 20.2. The van der Waals surface area contributed by atoms with Gasteiger partial charge < -0.3 is 10.3 Å². The lowest BCUT2D eigenvalue weighted by atomic mass is 10.2. The van der Waals surface area contributed by atoms with Crippen molar-refractivity contribution in [3.63, 3.8) is 0 Å². The van der Waals surface area contributed by atoms with E-state index in [-0.39, 0.29) is 23.1 Å². The molecule has 0 radical (unpaired) electrons. The number of nitrogens with one attached hydrogen (secondary N) is 1. The van der Waals surface area contributed by atoms with Crippen LogP contribution in [0.2, 0.25) is 0 Å². The Bertz CT molecular complexity index is 1230. The maximum atomic E-state index is 12.7. The standard InChI is InChI=1S/C17H17N11O2S/c1-10-3-5-11(6-4-10)7-19-22-16(29)13-12(8-31-17-23-20-9-27(17)2)28(26-21-13)15-14(18)24-30-25-15/h3-7,9H,8H2,1-2H3,(H2,18,24)(H,22,29)/b19-7-. The van der Waals surface area contributed by atoms with Crippen LogP contribution < -0.4 is 11.2 Å². The summed E-state index contributed by atoms with van der Waals surface area (Å²) in [6.45, 7) is 1.99. The summed E-state index contributed by atoms with van der Waals surface area (Å²) < 4.78 is 7.69. The summed E-state index contributed by atoms with van der Waals surface area (Å²) in [6, 6.07) is 7.69. The maximum Gasteiger partial charge on any atom is 0.293 e. The fourth-order valence-electron chi connectivity index (χ4n) is 2.52. The SMILES string of the molecule is Cc1ccc(/C=N\NC(=O)c2nnn(-c3nonc3N)c2CSc2nncn2C)cc1. The third kappa shape index (κ3) is 4.42. The van der Waals surface area contributed by atoms with E-state index in [1.54, 1.807) is 10.9 Å². The third-order valence-electron chi connectivity index (χ3n) is 4.14. The lowest BCUT2D eigenvalue weighted by molar-refractivity contribution is 0.0949. The molecule has 0 saturated heterocycles. The number of carbonyl (C=O) groups excluding carboxylic acids is 1. The molecule has 0 fully saturated rings. The zero-order valence-electron chi connectivity index (χ0n) is 16.5. The van der Waals surface area contributed by atoms with Gasteiger partial charge in [-0.05, 0) is 22.8 Å². The number of benzene rings is 1. The van der Waals surface area contributed by atoms with Crippen LogP contribution in [0.5, 0.6) is 0 Å². The molecule has 3 aromatic heterocycles. The number of aromatic nitrogens is 8. The summed E-state index contributed by atoms with van der Waals surface area (Å²) in [4.78, 5) is 12.7. The number of rotatable bonds is 7. The highest BCUT2D eigenvalue weighted by atomic mass is 32.2. The second kappa shape index (κ2) is 8.74. The van der Waals surface area contributed by atoms with Gasteiger partial charge in [0, 0.05) is 12.8 Å². The number of hydrazone groups is 1. The number of aryl methyl sites for hydroxylation is 2. The Morgan fingerprint density at radius 1 is 1.29 bits per heavy atom. The monoisotopic (exact) mass is 439 g/mol. The number of thioether (sulfide) groups is 1. The van der Waals surface area contributed by atoms with Gasteiger partial charge in [-0.25, -0.2) is 10.1 Å². The topological polar surface area (TPSA) is 168 Å². The zero-order chi connectivity index (χ0) is 21.8. The van der Waals surface area contributed by atoms with Crippen LogP contribution in [-0.4, -0.2) is 52.2 Å². The number of nitrogens with zero attached hydrogens (tertiary/aromatic N) is 9. The summed E-state index contributed by atoms with van der Waals surface area (Å²) in [5, 5.41) is 27.8. The van der Waals surface area contributed by atoms with Gasteiger partial charge >= 0.3 is 0 Å². The average Bonchev–Trinajstić information content (AvgIpc) is 3.47. The molecule has 13 nitrogen and oxygen atoms in total. The molecular weight excluding hydrogens is 422 g/mol. The molecule has 0 aliphatic rings. The van der Waals surface area contributed by atoms with Gasteiger partial charge in [0.1, 0.15) is 6.33 Å². The molecule has 0 spiro atoms. The van der Waals surface area contributed by atoms with Crippen LogP contribution in [0.3, 0.4) is 0 Å². The molecule has 3 N–H and O–H groups in total. The molecule has 0 atom stereocenters. The molecule has 14 heteroatoms. The number of nitrogen functional groups attached to an aromatic ring is 1. The molecule has 1 aromatic carbocycles. The molecule has 4 rings (SSSR count). The Hall–Kier alpha value is -4.07. The molecule has 4 aromatic rings. The van der Waals surface area contributed by atoms with Crippen molar-refractivity contribution < 1.29 is 9.42 Å². The molecule has 3 heterocycles. The Labute approximate surface area is 179 Å². The van der Waals surface area contributed by atoms with E-state index in [9.17, 15) is 4.79 Å². The predicted octanol–water partition coefficient (Wildman–Crippen LogP) is 0.726. The first-order valence-electron chi connectivity index (χ1n) is 8.93. The molecular formula is C17H17N11O2S. The maximum absolute atomic E-state index is 12.7. The van der Waals surface area contributed by atoms with E-state index in [1.807, 2.05) is 38.2 Å². The number of hydrogen-bond acceptors (Lipinski definition) is 11. The zero-order valence-corrected chi connectivity index (χ0v) is 17.3. The van der Waals surface area contributed by atoms with Crippen LogP contribution in [-0.2, 0) is 12.8 Å². The van der Waals surface area contributed by atoms with Crippen molar-refractivity contribution in [3.05, 3.63) is 53.1 Å². The molecule has 0 aliphatic heterocycles. The number of hydrogen-bond donors (Lipinski definition) is 2. The Morgan fingerprint density at radius 2 is 2.10 bits per heavy atom. The Balaban J connectivity index is 1.57. The van der Waals surface area contributed by atoms with Crippen molar-refractivity contribution >= 4 is 29.7 Å². The van der Waals surface area contributed by atoms with Crippen molar-refractivity contribution in [2.75, 3.05) is 5.73 Å². The third-order valence-corrected chi connectivity index (χ3v) is 5.18. The Morgan fingerprint density at radius 3 is 2.77 bits per heavy atom. The lowest BCUT2D eigenvalue weighted by Crippen LogP contribution is -2.20. The van der Waals surface area contributed by atoms with Gasteiger partial charge in [-0.1, -0.05) is 46.8 Å². The van der Waals surface area contributed by atoms with Gasteiger partial charge in [0.05, 0.1) is 11.9 Å². The fourth-order valence-corrected chi connectivity index (χ4v) is 3.40. The van der Waals surface area contributed by atoms with Gasteiger partial charge in [0.25, 0.3) is 5.91 Å². The van der Waals surface area contributed by atoms with Crippen LogP contribution in [0.1, 0.15) is 27.3 Å². The highest BCUT2D eigenvalue weighted by molar-refractivity contribution is 7.98. The minimum absolute atomic E-state index is 0.0131. The van der Waals surface area contributed by atoms with Crippen molar-refractivity contribution in [3.8, 4) is 5.82 Å². The van der Waals surface area contributed by atoms with E-state index in [0.717, 1.165) is 11.1 Å². The molecule has 158 valence electrons. The minimum Gasteiger partial charge on any atom is -0.378 e. The molecule has 0 aliphatic carbocycles. The van der Waals surface area contributed by atoms with Gasteiger partial charge in [-0.2, -0.15) is 9.78 Å². The Kier molecular flexibility index (Phi) is 5.70. The molecule has 0 saturated carbocycles. The largest absolute Gasteiger partial charge is 0.378 e. The first-order valence-corrected chi connectivity index (χ1v) is 9.91. The molecule has 1 amide bonds. The fraction of sp³-hybridized carbons (Fsp3) is 0.176. The summed E-state index contributed by atoms with van der Waals surface area (Å²) in [5.41, 5.74) is 10.7. The van der Waals surface area contributed by atoms with Crippen molar-refractivity contribution in [1.29, 1.82) is 0 Å². The minimum atomic E-state index is -0.543. The van der Waals surface area contributed by atoms with E-state index in [2.05, 4.69) is 46.0 Å². The summed E-state index contributed by atoms with van der Waals surface area (Å²) in [7, 11) is 1.81. The number of anilines is 1. The van der Waals surface area contributed by atoms with E-state index in [1.165, 1.54) is 22.7 Å². The normalized spacial score (nSPS) is 11.3. The van der Waals surface area contributed by atoms with Crippen LogP contribution in [0.25, 0.3) is 5.82 Å². The predicted molar refractivity (Wildman–Crippen MR) is 110 cm³/mol. The summed E-state index contributed by atoms with van der Waals surface area (Å²) in [5.74, 6) is -0.128. The van der Waals surface area contributed by atoms with Crippen LogP contribution in [0.15, 0.2) is 45.5 Å². The molecule has 31 heavy (non-hydrogen) atoms. The van der Waals surface area contributed by atoms with Crippen molar-refractivity contribution in [2.45, 2.75) is 17.8 Å². The van der Waals surface area contributed by atoms with Crippen molar-refractivity contribution in [2.24, 2.45) is 12.1 Å². The van der Waals surface area contributed by atoms with Gasteiger partial charge in [-0.15, -0.1) is 15.3 Å². The summed E-state index contributed by atoms with van der Waals surface area (Å²) in [6.07, 6.45) is 3.11. The smallest absolute Gasteiger partial charge is 0.293 e. The average molecular weight is 439 g/mol. The van der Waals surface area contributed by atoms with E-state index >= 15 is 0 Å². The number of amides is 1. The van der Waals surface area contributed by atoms with Crippen molar-refractivity contribution in [1.82, 2.24) is 45.5 Å². The van der Waals surface area contributed by atoms with Gasteiger partial charge in [-0.3, -0.25) is 4.79 Å². The second-order valence-electron chi connectivity index (χ2n) is 6.39. The van der Waals surface area contributed by atoms with E-state index < -0.39 is 5.91 Å². The molecule has 0 bridgehead atoms. The lowest BCUT2D eigenvalue weighted by Gasteiger charge is -2.05. The highest BCUT2D eigenvalue weighted by Crippen LogP contribution is 2.24.